The molecule has 1 saturated carbocycles. The first-order valence-corrected chi connectivity index (χ1v) is 8.25. The van der Waals surface area contributed by atoms with Gasteiger partial charge in [0.25, 0.3) is 0 Å². The predicted octanol–water partition coefficient (Wildman–Crippen LogP) is 2.18. The van der Waals surface area contributed by atoms with Gasteiger partial charge in [-0.25, -0.2) is 0 Å². The van der Waals surface area contributed by atoms with Crippen LogP contribution in [-0.4, -0.2) is 62.7 Å². The largest absolute Gasteiger partial charge is 0.317 e. The van der Waals surface area contributed by atoms with Gasteiger partial charge in [0, 0.05) is 31.7 Å². The third-order valence-electron chi connectivity index (χ3n) is 5.29. The SMILES string of the molecule is CNC(CC1CCCCC1)CC1CN(C)CCN1C. The van der Waals surface area contributed by atoms with E-state index in [-0.39, 0.29) is 0 Å². The Balaban J connectivity index is 1.80. The molecule has 2 fully saturated rings. The maximum atomic E-state index is 3.59. The van der Waals surface area contributed by atoms with E-state index in [9.17, 15) is 0 Å². The molecule has 1 N–H and O–H groups in total. The number of likely N-dealkylation sites (N-methyl/N-ethyl adjacent to an activating group) is 2. The zero-order valence-corrected chi connectivity index (χ0v) is 13.2. The highest BCUT2D eigenvalue weighted by molar-refractivity contribution is 4.84. The lowest BCUT2D eigenvalue weighted by atomic mass is 9.83. The van der Waals surface area contributed by atoms with Crippen molar-refractivity contribution >= 4 is 0 Å². The van der Waals surface area contributed by atoms with E-state index >= 15 is 0 Å². The van der Waals surface area contributed by atoms with Crippen molar-refractivity contribution < 1.29 is 0 Å². The Kier molecular flexibility index (Phi) is 6.11. The van der Waals surface area contributed by atoms with Gasteiger partial charge in [-0.15, -0.1) is 0 Å². The molecule has 0 bridgehead atoms. The fraction of sp³-hybridized carbons (Fsp3) is 1.00. The van der Waals surface area contributed by atoms with Gasteiger partial charge in [-0.3, -0.25) is 0 Å². The first kappa shape index (κ1) is 15.3. The Labute approximate surface area is 119 Å². The van der Waals surface area contributed by atoms with Gasteiger partial charge in [0.2, 0.25) is 0 Å². The lowest BCUT2D eigenvalue weighted by molar-refractivity contribution is 0.0981. The summed E-state index contributed by atoms with van der Waals surface area (Å²) in [7, 11) is 6.71. The summed E-state index contributed by atoms with van der Waals surface area (Å²) < 4.78 is 0. The Morgan fingerprint density at radius 1 is 1.05 bits per heavy atom. The van der Waals surface area contributed by atoms with Crippen LogP contribution in [0.25, 0.3) is 0 Å². The highest BCUT2D eigenvalue weighted by Crippen LogP contribution is 2.28. The Bertz CT molecular complexity index is 250. The molecule has 1 aliphatic carbocycles. The Morgan fingerprint density at radius 3 is 2.47 bits per heavy atom. The number of rotatable bonds is 5. The minimum absolute atomic E-state index is 0.710. The molecular weight excluding hydrogens is 234 g/mol. The van der Waals surface area contributed by atoms with E-state index in [0.717, 1.165) is 12.0 Å². The van der Waals surface area contributed by atoms with E-state index in [1.54, 1.807) is 0 Å². The lowest BCUT2D eigenvalue weighted by Gasteiger charge is -2.40. The molecule has 1 heterocycles. The van der Waals surface area contributed by atoms with E-state index < -0.39 is 0 Å². The monoisotopic (exact) mass is 267 g/mol. The summed E-state index contributed by atoms with van der Waals surface area (Å²) in [5, 5.41) is 3.59. The third kappa shape index (κ3) is 4.73. The summed E-state index contributed by atoms with van der Waals surface area (Å²) in [6.45, 7) is 3.68. The van der Waals surface area contributed by atoms with Crippen molar-refractivity contribution in [1.82, 2.24) is 15.1 Å². The van der Waals surface area contributed by atoms with Gasteiger partial charge in [-0.05, 0) is 39.9 Å². The van der Waals surface area contributed by atoms with Crippen LogP contribution in [-0.2, 0) is 0 Å². The van der Waals surface area contributed by atoms with Gasteiger partial charge in [-0.2, -0.15) is 0 Å². The predicted molar refractivity (Wildman–Crippen MR) is 82.6 cm³/mol. The molecule has 2 unspecified atom stereocenters. The standard InChI is InChI=1S/C16H33N3/c1-17-15(11-14-7-5-4-6-8-14)12-16-13-18(2)9-10-19(16)3/h14-17H,4-13H2,1-3H3. The molecule has 2 atom stereocenters. The van der Waals surface area contributed by atoms with Crippen LogP contribution in [0.4, 0.5) is 0 Å². The molecule has 0 amide bonds. The molecule has 0 radical (unpaired) electrons. The highest BCUT2D eigenvalue weighted by Gasteiger charge is 2.26. The van der Waals surface area contributed by atoms with E-state index in [0.29, 0.717) is 6.04 Å². The molecule has 0 aromatic heterocycles. The van der Waals surface area contributed by atoms with Crippen molar-refractivity contribution in [1.29, 1.82) is 0 Å². The van der Waals surface area contributed by atoms with Crippen molar-refractivity contribution in [2.45, 2.75) is 57.0 Å². The van der Waals surface area contributed by atoms with Crippen LogP contribution in [0, 0.1) is 5.92 Å². The zero-order chi connectivity index (χ0) is 13.7. The molecule has 3 heteroatoms. The van der Waals surface area contributed by atoms with Crippen LogP contribution in [0.3, 0.4) is 0 Å². The summed E-state index contributed by atoms with van der Waals surface area (Å²) in [4.78, 5) is 5.04. The molecule has 1 aliphatic heterocycles. The summed E-state index contributed by atoms with van der Waals surface area (Å²) in [6.07, 6.45) is 10.0. The van der Waals surface area contributed by atoms with Crippen molar-refractivity contribution in [2.24, 2.45) is 5.92 Å². The van der Waals surface area contributed by atoms with E-state index in [2.05, 4.69) is 36.3 Å². The van der Waals surface area contributed by atoms with E-state index in [4.69, 9.17) is 0 Å². The second-order valence-electron chi connectivity index (χ2n) is 6.86. The number of nitrogens with zero attached hydrogens (tertiary/aromatic N) is 2. The van der Waals surface area contributed by atoms with Crippen molar-refractivity contribution in [2.75, 3.05) is 40.8 Å². The maximum absolute atomic E-state index is 3.59. The second-order valence-corrected chi connectivity index (χ2v) is 6.86. The van der Waals surface area contributed by atoms with Crippen LogP contribution in [0.5, 0.6) is 0 Å². The minimum atomic E-state index is 0.710. The molecule has 0 aromatic rings. The number of piperazine rings is 1. The fourth-order valence-electron chi connectivity index (χ4n) is 3.84. The molecule has 1 saturated heterocycles. The molecule has 0 aromatic carbocycles. The maximum Gasteiger partial charge on any atom is 0.0235 e. The van der Waals surface area contributed by atoms with Crippen molar-refractivity contribution in [3.05, 3.63) is 0 Å². The van der Waals surface area contributed by atoms with E-state index in [1.807, 2.05) is 0 Å². The average Bonchev–Trinajstić information content (AvgIpc) is 2.43. The quantitative estimate of drug-likeness (QED) is 0.824. The smallest absolute Gasteiger partial charge is 0.0235 e. The first-order valence-electron chi connectivity index (χ1n) is 8.25. The lowest BCUT2D eigenvalue weighted by Crippen LogP contribution is -2.52. The molecule has 2 rings (SSSR count). The number of hydrogen-bond acceptors (Lipinski definition) is 3. The first-order chi connectivity index (χ1) is 9.19. The molecule has 3 nitrogen and oxygen atoms in total. The Morgan fingerprint density at radius 2 is 1.79 bits per heavy atom. The number of hydrogen-bond donors (Lipinski definition) is 1. The zero-order valence-electron chi connectivity index (χ0n) is 13.2. The van der Waals surface area contributed by atoms with Crippen molar-refractivity contribution in [3.8, 4) is 0 Å². The van der Waals surface area contributed by atoms with Gasteiger partial charge in [0.05, 0.1) is 0 Å². The fourth-order valence-corrected chi connectivity index (χ4v) is 3.84. The summed E-state index contributed by atoms with van der Waals surface area (Å²) in [5.74, 6) is 0.984. The average molecular weight is 267 g/mol. The summed E-state index contributed by atoms with van der Waals surface area (Å²) in [6, 6.07) is 1.45. The van der Waals surface area contributed by atoms with E-state index in [1.165, 1.54) is 64.6 Å². The molecule has 112 valence electrons. The van der Waals surface area contributed by atoms with Gasteiger partial charge in [0.1, 0.15) is 0 Å². The molecule has 2 aliphatic rings. The van der Waals surface area contributed by atoms with Crippen LogP contribution in [0.1, 0.15) is 44.9 Å². The molecular formula is C16H33N3. The molecule has 19 heavy (non-hydrogen) atoms. The topological polar surface area (TPSA) is 18.5 Å². The van der Waals surface area contributed by atoms with Crippen molar-refractivity contribution in [3.63, 3.8) is 0 Å². The van der Waals surface area contributed by atoms with Crippen LogP contribution in [0.2, 0.25) is 0 Å². The Hall–Kier alpha value is -0.120. The normalized spacial score (nSPS) is 29.5. The van der Waals surface area contributed by atoms with Crippen LogP contribution >= 0.6 is 0 Å². The highest BCUT2D eigenvalue weighted by atomic mass is 15.3. The van der Waals surface area contributed by atoms with Gasteiger partial charge in [-0.1, -0.05) is 32.1 Å². The number of nitrogens with one attached hydrogen (secondary N) is 1. The summed E-state index contributed by atoms with van der Waals surface area (Å²) >= 11 is 0. The van der Waals surface area contributed by atoms with Gasteiger partial charge >= 0.3 is 0 Å². The van der Waals surface area contributed by atoms with Gasteiger partial charge < -0.3 is 15.1 Å². The van der Waals surface area contributed by atoms with Crippen LogP contribution < -0.4 is 5.32 Å². The second kappa shape index (κ2) is 7.61. The van der Waals surface area contributed by atoms with Gasteiger partial charge in [0.15, 0.2) is 0 Å². The third-order valence-corrected chi connectivity index (χ3v) is 5.29. The summed E-state index contributed by atoms with van der Waals surface area (Å²) in [5.41, 5.74) is 0. The molecule has 0 spiro atoms. The minimum Gasteiger partial charge on any atom is -0.317 e. The van der Waals surface area contributed by atoms with Crippen LogP contribution in [0.15, 0.2) is 0 Å².